The van der Waals surface area contributed by atoms with E-state index in [0.29, 0.717) is 11.6 Å². The number of hydrogen-bond donors (Lipinski definition) is 0. The normalized spacial score (nSPS) is 12.0. The zero-order valence-electron chi connectivity index (χ0n) is 10.8. The Morgan fingerprint density at radius 1 is 1.19 bits per heavy atom. The van der Waals surface area contributed by atoms with Gasteiger partial charge in [-0.2, -0.15) is 13.2 Å². The molecule has 0 amide bonds. The zero-order valence-corrected chi connectivity index (χ0v) is 10.8. The van der Waals surface area contributed by atoms with Gasteiger partial charge in [0, 0.05) is 31.0 Å². The average molecular weight is 294 g/mol. The summed E-state index contributed by atoms with van der Waals surface area (Å²) in [6.45, 7) is 0. The number of aryl methyl sites for hydroxylation is 1. The maximum absolute atomic E-state index is 13.0. The van der Waals surface area contributed by atoms with Gasteiger partial charge >= 0.3 is 6.18 Å². The summed E-state index contributed by atoms with van der Waals surface area (Å²) in [7, 11) is 1.53. The second kappa shape index (κ2) is 4.44. The molecule has 3 aromatic heterocycles. The molecule has 108 valence electrons. The Bertz CT molecular complexity index is 879. The Kier molecular flexibility index (Phi) is 2.82. The van der Waals surface area contributed by atoms with Gasteiger partial charge in [0.25, 0.3) is 5.56 Å². The molecule has 0 spiro atoms. The predicted octanol–water partition coefficient (Wildman–Crippen LogP) is 2.14. The van der Waals surface area contributed by atoms with Gasteiger partial charge < -0.3 is 4.57 Å². The van der Waals surface area contributed by atoms with E-state index in [1.165, 1.54) is 17.8 Å². The van der Waals surface area contributed by atoms with E-state index in [-0.39, 0.29) is 11.3 Å². The highest BCUT2D eigenvalue weighted by atomic mass is 19.4. The van der Waals surface area contributed by atoms with Gasteiger partial charge in [-0.15, -0.1) is 0 Å². The van der Waals surface area contributed by atoms with Crippen LogP contribution in [-0.2, 0) is 13.2 Å². The van der Waals surface area contributed by atoms with Gasteiger partial charge in [-0.1, -0.05) is 0 Å². The number of halogens is 3. The predicted molar refractivity (Wildman–Crippen MR) is 69.1 cm³/mol. The van der Waals surface area contributed by atoms with Crippen LogP contribution in [0.5, 0.6) is 0 Å². The highest BCUT2D eigenvalue weighted by molar-refractivity contribution is 5.80. The average Bonchev–Trinajstić information content (AvgIpc) is 2.86. The second-order valence-electron chi connectivity index (χ2n) is 4.48. The van der Waals surface area contributed by atoms with Crippen molar-refractivity contribution in [3.8, 4) is 5.82 Å². The van der Waals surface area contributed by atoms with Crippen molar-refractivity contribution in [2.75, 3.05) is 0 Å². The first-order valence-corrected chi connectivity index (χ1v) is 5.94. The topological polar surface area (TPSA) is 52.7 Å². The van der Waals surface area contributed by atoms with Crippen LogP contribution in [0.25, 0.3) is 16.7 Å². The van der Waals surface area contributed by atoms with Crippen molar-refractivity contribution in [1.29, 1.82) is 0 Å². The van der Waals surface area contributed by atoms with E-state index < -0.39 is 17.3 Å². The van der Waals surface area contributed by atoms with Gasteiger partial charge in [0.1, 0.15) is 17.4 Å². The quantitative estimate of drug-likeness (QED) is 0.691. The highest BCUT2D eigenvalue weighted by Crippen LogP contribution is 2.33. The molecule has 0 radical (unpaired) electrons. The molecule has 0 N–H and O–H groups in total. The summed E-state index contributed by atoms with van der Waals surface area (Å²) in [4.78, 5) is 19.3. The Morgan fingerprint density at radius 2 is 1.90 bits per heavy atom. The smallest absolute Gasteiger partial charge is 0.317 e. The third-order valence-corrected chi connectivity index (χ3v) is 3.14. The molecule has 0 aromatic carbocycles. The fourth-order valence-electron chi connectivity index (χ4n) is 2.13. The van der Waals surface area contributed by atoms with Crippen LogP contribution in [0.3, 0.4) is 0 Å². The molecular formula is C13H9F3N4O. The van der Waals surface area contributed by atoms with Gasteiger partial charge in [0.15, 0.2) is 5.82 Å². The molecule has 3 rings (SSSR count). The maximum atomic E-state index is 13.0. The molecule has 0 aliphatic carbocycles. The van der Waals surface area contributed by atoms with Crippen molar-refractivity contribution < 1.29 is 13.2 Å². The van der Waals surface area contributed by atoms with Gasteiger partial charge in [0.05, 0.1) is 0 Å². The lowest BCUT2D eigenvalue weighted by Crippen LogP contribution is -2.19. The summed E-state index contributed by atoms with van der Waals surface area (Å²) >= 11 is 0. The van der Waals surface area contributed by atoms with E-state index in [9.17, 15) is 18.0 Å². The van der Waals surface area contributed by atoms with Gasteiger partial charge in [0.2, 0.25) is 0 Å². The van der Waals surface area contributed by atoms with Crippen molar-refractivity contribution in [1.82, 2.24) is 19.1 Å². The first kappa shape index (κ1) is 13.3. The molecule has 0 bridgehead atoms. The minimum atomic E-state index is -4.60. The first-order valence-electron chi connectivity index (χ1n) is 5.94. The number of nitrogens with zero attached hydrogens (tertiary/aromatic N) is 4. The summed E-state index contributed by atoms with van der Waals surface area (Å²) in [6.07, 6.45) is 0.0574. The number of rotatable bonds is 1. The van der Waals surface area contributed by atoms with E-state index >= 15 is 0 Å². The van der Waals surface area contributed by atoms with E-state index in [0.717, 1.165) is 10.9 Å². The number of hydrogen-bond acceptors (Lipinski definition) is 3. The standard InChI is InChI=1S/C13H9F3N4O/c1-19-4-2-8-3-5-20(10(8)12(19)21)11-9(13(14,15)16)6-17-7-18-11/h2-7H,1H3. The Morgan fingerprint density at radius 3 is 2.62 bits per heavy atom. The molecule has 5 nitrogen and oxygen atoms in total. The van der Waals surface area contributed by atoms with E-state index in [4.69, 9.17) is 0 Å². The lowest BCUT2D eigenvalue weighted by Gasteiger charge is -2.12. The molecule has 0 saturated heterocycles. The van der Waals surface area contributed by atoms with Crippen molar-refractivity contribution in [3.05, 3.63) is 53.0 Å². The zero-order chi connectivity index (χ0) is 15.2. The van der Waals surface area contributed by atoms with Gasteiger partial charge in [-0.05, 0) is 12.1 Å². The van der Waals surface area contributed by atoms with Crippen LogP contribution in [0.15, 0.2) is 41.8 Å². The van der Waals surface area contributed by atoms with Crippen LogP contribution in [-0.4, -0.2) is 19.1 Å². The molecule has 21 heavy (non-hydrogen) atoms. The lowest BCUT2D eigenvalue weighted by atomic mass is 10.3. The third-order valence-electron chi connectivity index (χ3n) is 3.14. The van der Waals surface area contributed by atoms with Crippen molar-refractivity contribution in [2.45, 2.75) is 6.18 Å². The Balaban J connectivity index is 2.38. The summed E-state index contributed by atoms with van der Waals surface area (Å²) < 4.78 is 41.6. The number of pyridine rings is 1. The molecule has 0 aliphatic rings. The minimum absolute atomic E-state index is 0.143. The molecule has 0 unspecified atom stereocenters. The van der Waals surface area contributed by atoms with Gasteiger partial charge in [-0.25, -0.2) is 9.97 Å². The van der Waals surface area contributed by atoms with Crippen LogP contribution in [0, 0.1) is 0 Å². The Labute approximate surface area is 116 Å². The summed E-state index contributed by atoms with van der Waals surface area (Å²) in [6, 6.07) is 3.22. The van der Waals surface area contributed by atoms with Crippen LogP contribution >= 0.6 is 0 Å². The second-order valence-corrected chi connectivity index (χ2v) is 4.48. The Hall–Kier alpha value is -2.64. The monoisotopic (exact) mass is 294 g/mol. The lowest BCUT2D eigenvalue weighted by molar-refractivity contribution is -0.137. The summed E-state index contributed by atoms with van der Waals surface area (Å²) in [5, 5.41) is 0.546. The number of aromatic nitrogens is 4. The van der Waals surface area contributed by atoms with Gasteiger partial charge in [-0.3, -0.25) is 9.36 Å². The highest BCUT2D eigenvalue weighted by Gasteiger charge is 2.35. The van der Waals surface area contributed by atoms with E-state index in [1.807, 2.05) is 0 Å². The molecule has 0 aliphatic heterocycles. The van der Waals surface area contributed by atoms with Crippen LogP contribution in [0.4, 0.5) is 13.2 Å². The van der Waals surface area contributed by atoms with E-state index in [1.54, 1.807) is 18.3 Å². The molecule has 0 fully saturated rings. The summed E-state index contributed by atoms with van der Waals surface area (Å²) in [5.74, 6) is -0.365. The molecule has 0 atom stereocenters. The fourth-order valence-corrected chi connectivity index (χ4v) is 2.13. The fraction of sp³-hybridized carbons (Fsp3) is 0.154. The third kappa shape index (κ3) is 2.08. The van der Waals surface area contributed by atoms with Crippen molar-refractivity contribution in [2.24, 2.45) is 7.05 Å². The van der Waals surface area contributed by atoms with Crippen molar-refractivity contribution >= 4 is 10.9 Å². The largest absolute Gasteiger partial charge is 0.421 e. The van der Waals surface area contributed by atoms with Crippen molar-refractivity contribution in [3.63, 3.8) is 0 Å². The van der Waals surface area contributed by atoms with Crippen LogP contribution in [0.2, 0.25) is 0 Å². The molecule has 8 heteroatoms. The first-order chi connectivity index (χ1) is 9.89. The molecular weight excluding hydrogens is 285 g/mol. The molecule has 3 aromatic rings. The van der Waals surface area contributed by atoms with Crippen LogP contribution in [0.1, 0.15) is 5.56 Å². The summed E-state index contributed by atoms with van der Waals surface area (Å²) in [5.41, 5.74) is -1.25. The number of fused-ring (bicyclic) bond motifs is 1. The molecule has 0 saturated carbocycles. The maximum Gasteiger partial charge on any atom is 0.421 e. The number of alkyl halides is 3. The molecule has 3 heterocycles. The van der Waals surface area contributed by atoms with E-state index in [2.05, 4.69) is 9.97 Å². The minimum Gasteiger partial charge on any atom is -0.317 e. The van der Waals surface area contributed by atoms with Crippen LogP contribution < -0.4 is 5.56 Å². The SMILES string of the molecule is Cn1ccc2ccn(-c3ncncc3C(F)(F)F)c2c1=O.